The van der Waals surface area contributed by atoms with Gasteiger partial charge in [-0.25, -0.2) is 0 Å². The maximum Gasteiger partial charge on any atom is 0.253 e. The number of nitrogens with one attached hydrogen (secondary N) is 1. The van der Waals surface area contributed by atoms with Gasteiger partial charge in [0.2, 0.25) is 0 Å². The van der Waals surface area contributed by atoms with E-state index < -0.39 is 0 Å². The second-order valence-electron chi connectivity index (χ2n) is 5.77. The lowest BCUT2D eigenvalue weighted by Gasteiger charge is -2.35. The number of thiophene rings is 1. The molecule has 7 heteroatoms. The van der Waals surface area contributed by atoms with E-state index in [0.29, 0.717) is 21.8 Å². The molecule has 0 bridgehead atoms. The fraction of sp³-hybridized carbons (Fsp3) is 0.235. The Morgan fingerprint density at radius 3 is 2.58 bits per heavy atom. The third-order valence-corrected chi connectivity index (χ3v) is 5.81. The lowest BCUT2D eigenvalue weighted by Crippen LogP contribution is -2.48. The van der Waals surface area contributed by atoms with Crippen LogP contribution in [0.15, 0.2) is 36.5 Å². The smallest absolute Gasteiger partial charge is 0.253 e. The number of fused-ring (bicyclic) bond motifs is 1. The first kappa shape index (κ1) is 15.8. The number of piperazine rings is 1. The molecule has 1 aromatic carbocycles. The summed E-state index contributed by atoms with van der Waals surface area (Å²) in [7, 11) is 0. The Hall–Kier alpha value is -1.69. The van der Waals surface area contributed by atoms with Crippen molar-refractivity contribution >= 4 is 57.0 Å². The fourth-order valence-electron chi connectivity index (χ4n) is 3.07. The standard InChI is InChI=1S/C17H15Cl2N3OS/c18-15-10-14(16(19)24-15)21-5-7-22(8-6-21)17(23)12-1-2-13-11(9-12)3-4-20-13/h1-4,9-10,20H,5-8H2. The number of hydrogen-bond donors (Lipinski definition) is 1. The molecule has 3 heterocycles. The molecule has 4 rings (SSSR count). The van der Waals surface area contributed by atoms with Crippen LogP contribution in [0.25, 0.3) is 10.9 Å². The predicted octanol–water partition coefficient (Wildman–Crippen LogP) is 4.50. The average molecular weight is 380 g/mol. The topological polar surface area (TPSA) is 39.3 Å². The van der Waals surface area contributed by atoms with Gasteiger partial charge in [-0.3, -0.25) is 4.79 Å². The monoisotopic (exact) mass is 379 g/mol. The van der Waals surface area contributed by atoms with Crippen LogP contribution in [-0.2, 0) is 0 Å². The molecule has 1 saturated heterocycles. The summed E-state index contributed by atoms with van der Waals surface area (Å²) in [5.74, 6) is 0.0761. The van der Waals surface area contributed by atoms with Gasteiger partial charge in [-0.05, 0) is 30.3 Å². The zero-order chi connectivity index (χ0) is 16.7. The van der Waals surface area contributed by atoms with Crippen LogP contribution in [0.2, 0.25) is 8.67 Å². The van der Waals surface area contributed by atoms with Gasteiger partial charge < -0.3 is 14.8 Å². The molecule has 2 aromatic heterocycles. The Morgan fingerprint density at radius 1 is 1.08 bits per heavy atom. The highest BCUT2D eigenvalue weighted by Gasteiger charge is 2.24. The second kappa shape index (κ2) is 6.31. The molecule has 0 unspecified atom stereocenters. The molecule has 0 radical (unpaired) electrons. The molecule has 1 fully saturated rings. The Bertz CT molecular complexity index is 896. The molecule has 0 saturated carbocycles. The van der Waals surface area contributed by atoms with E-state index in [1.807, 2.05) is 41.4 Å². The van der Waals surface area contributed by atoms with Crippen LogP contribution in [0.1, 0.15) is 10.4 Å². The van der Waals surface area contributed by atoms with Crippen molar-refractivity contribution in [3.8, 4) is 0 Å². The highest BCUT2D eigenvalue weighted by Crippen LogP contribution is 2.38. The van der Waals surface area contributed by atoms with E-state index in [0.717, 1.165) is 35.2 Å². The fourth-order valence-corrected chi connectivity index (χ4v) is 4.58. The third-order valence-electron chi connectivity index (χ3n) is 4.35. The number of benzene rings is 1. The number of aromatic nitrogens is 1. The minimum absolute atomic E-state index is 0.0761. The van der Waals surface area contributed by atoms with Crippen molar-refractivity contribution in [2.75, 3.05) is 31.1 Å². The van der Waals surface area contributed by atoms with Gasteiger partial charge in [0, 0.05) is 48.8 Å². The van der Waals surface area contributed by atoms with Gasteiger partial charge in [-0.15, -0.1) is 11.3 Å². The molecule has 1 aliphatic rings. The van der Waals surface area contributed by atoms with Gasteiger partial charge in [-0.1, -0.05) is 23.2 Å². The number of rotatable bonds is 2. The summed E-state index contributed by atoms with van der Waals surface area (Å²) in [6, 6.07) is 9.64. The maximum absolute atomic E-state index is 12.7. The summed E-state index contributed by atoms with van der Waals surface area (Å²) >= 11 is 13.6. The predicted molar refractivity (Wildman–Crippen MR) is 101 cm³/mol. The minimum Gasteiger partial charge on any atom is -0.366 e. The zero-order valence-electron chi connectivity index (χ0n) is 12.8. The number of carbonyl (C=O) groups excluding carboxylic acids is 1. The second-order valence-corrected chi connectivity index (χ2v) is 8.05. The normalized spacial score (nSPS) is 15.2. The summed E-state index contributed by atoms with van der Waals surface area (Å²) in [6.07, 6.45) is 1.88. The van der Waals surface area contributed by atoms with Crippen LogP contribution in [0.4, 0.5) is 5.69 Å². The minimum atomic E-state index is 0.0761. The van der Waals surface area contributed by atoms with Crippen molar-refractivity contribution < 1.29 is 4.79 Å². The first-order valence-electron chi connectivity index (χ1n) is 7.68. The summed E-state index contributed by atoms with van der Waals surface area (Å²) in [6.45, 7) is 2.86. The van der Waals surface area contributed by atoms with Crippen LogP contribution < -0.4 is 4.90 Å². The van der Waals surface area contributed by atoms with Crippen molar-refractivity contribution in [2.45, 2.75) is 0 Å². The summed E-state index contributed by atoms with van der Waals surface area (Å²) in [4.78, 5) is 20.0. The molecule has 124 valence electrons. The lowest BCUT2D eigenvalue weighted by molar-refractivity contribution is 0.0747. The lowest BCUT2D eigenvalue weighted by atomic mass is 10.1. The number of nitrogens with zero attached hydrogens (tertiary/aromatic N) is 2. The van der Waals surface area contributed by atoms with E-state index in [9.17, 15) is 4.79 Å². The number of anilines is 1. The number of carbonyl (C=O) groups is 1. The quantitative estimate of drug-likeness (QED) is 0.711. The molecule has 1 amide bonds. The molecular formula is C17H15Cl2N3OS. The van der Waals surface area contributed by atoms with Crippen LogP contribution in [-0.4, -0.2) is 42.0 Å². The van der Waals surface area contributed by atoms with Crippen molar-refractivity contribution in [1.82, 2.24) is 9.88 Å². The van der Waals surface area contributed by atoms with Crippen LogP contribution >= 0.6 is 34.5 Å². The van der Waals surface area contributed by atoms with Gasteiger partial charge in [0.05, 0.1) is 10.0 Å². The summed E-state index contributed by atoms with van der Waals surface area (Å²) in [5, 5.41) is 1.05. The average Bonchev–Trinajstić information content (AvgIpc) is 3.19. The third kappa shape index (κ3) is 2.88. The van der Waals surface area contributed by atoms with Crippen molar-refractivity contribution in [3.05, 3.63) is 50.8 Å². The van der Waals surface area contributed by atoms with Gasteiger partial charge in [0.15, 0.2) is 0 Å². The van der Waals surface area contributed by atoms with Crippen molar-refractivity contribution in [2.24, 2.45) is 0 Å². The highest BCUT2D eigenvalue weighted by molar-refractivity contribution is 7.20. The zero-order valence-corrected chi connectivity index (χ0v) is 15.1. The van der Waals surface area contributed by atoms with E-state index in [-0.39, 0.29) is 5.91 Å². The van der Waals surface area contributed by atoms with E-state index in [2.05, 4.69) is 9.88 Å². The van der Waals surface area contributed by atoms with E-state index >= 15 is 0 Å². The molecule has 1 aliphatic heterocycles. The molecule has 1 N–H and O–H groups in total. The number of amides is 1. The van der Waals surface area contributed by atoms with Crippen molar-refractivity contribution in [1.29, 1.82) is 0 Å². The Kier molecular flexibility index (Phi) is 4.16. The van der Waals surface area contributed by atoms with Gasteiger partial charge in [0.25, 0.3) is 5.91 Å². The maximum atomic E-state index is 12.7. The molecule has 3 aromatic rings. The molecule has 0 aliphatic carbocycles. The number of aromatic amines is 1. The molecular weight excluding hydrogens is 365 g/mol. The number of halogens is 2. The van der Waals surface area contributed by atoms with Gasteiger partial charge in [0.1, 0.15) is 4.34 Å². The van der Waals surface area contributed by atoms with E-state index in [1.165, 1.54) is 11.3 Å². The SMILES string of the molecule is O=C(c1ccc2[nH]ccc2c1)N1CCN(c2cc(Cl)sc2Cl)CC1. The van der Waals surface area contributed by atoms with Gasteiger partial charge in [-0.2, -0.15) is 0 Å². The number of H-pyrrole nitrogens is 1. The van der Waals surface area contributed by atoms with Gasteiger partial charge >= 0.3 is 0 Å². The highest BCUT2D eigenvalue weighted by atomic mass is 35.5. The van der Waals surface area contributed by atoms with Crippen LogP contribution in [0.5, 0.6) is 0 Å². The first-order chi connectivity index (χ1) is 11.6. The molecule has 0 atom stereocenters. The molecule has 24 heavy (non-hydrogen) atoms. The number of hydrogen-bond acceptors (Lipinski definition) is 3. The van der Waals surface area contributed by atoms with E-state index in [4.69, 9.17) is 23.2 Å². The first-order valence-corrected chi connectivity index (χ1v) is 9.25. The molecule has 0 spiro atoms. The largest absolute Gasteiger partial charge is 0.366 e. The van der Waals surface area contributed by atoms with E-state index in [1.54, 1.807) is 0 Å². The molecule has 4 nitrogen and oxygen atoms in total. The van der Waals surface area contributed by atoms with Crippen molar-refractivity contribution in [3.63, 3.8) is 0 Å². The summed E-state index contributed by atoms with van der Waals surface area (Å²) < 4.78 is 1.39. The van der Waals surface area contributed by atoms with Crippen LogP contribution in [0.3, 0.4) is 0 Å². The Labute approximate surface area is 153 Å². The Balaban J connectivity index is 1.47. The Morgan fingerprint density at radius 2 is 1.88 bits per heavy atom. The summed E-state index contributed by atoms with van der Waals surface area (Å²) in [5.41, 5.74) is 2.74. The van der Waals surface area contributed by atoms with Crippen LogP contribution in [0, 0.1) is 0 Å².